The first-order valence-corrected chi connectivity index (χ1v) is 8.34. The Morgan fingerprint density at radius 1 is 1.48 bits per heavy atom. The molecule has 3 rings (SSSR count). The van der Waals surface area contributed by atoms with Gasteiger partial charge in [0.05, 0.1) is 30.7 Å². The molecule has 0 spiro atoms. The van der Waals surface area contributed by atoms with Crippen LogP contribution < -0.4 is 15.5 Å². The Labute approximate surface area is 138 Å². The van der Waals surface area contributed by atoms with E-state index >= 15 is 0 Å². The molecule has 0 aromatic carbocycles. The smallest absolute Gasteiger partial charge is 0.321 e. The maximum absolute atomic E-state index is 11.6. The second-order valence-electron chi connectivity index (χ2n) is 5.25. The van der Waals surface area contributed by atoms with Crippen molar-refractivity contribution in [3.63, 3.8) is 0 Å². The summed E-state index contributed by atoms with van der Waals surface area (Å²) in [5.41, 5.74) is 2.84. The summed E-state index contributed by atoms with van der Waals surface area (Å²) in [4.78, 5) is 23.6. The third-order valence-electron chi connectivity index (χ3n) is 3.62. The fourth-order valence-corrected chi connectivity index (χ4v) is 3.52. The van der Waals surface area contributed by atoms with E-state index in [1.807, 2.05) is 13.0 Å². The maximum atomic E-state index is 11.6. The number of aliphatic hydroxyl groups excluding tert-OH is 1. The number of aliphatic hydroxyl groups is 1. The predicted octanol–water partition coefficient (Wildman–Crippen LogP) is 1.73. The average Bonchev–Trinajstić information content (AvgIpc) is 2.96. The topological polar surface area (TPSA) is 90.4 Å². The van der Waals surface area contributed by atoms with Gasteiger partial charge in [0.2, 0.25) is 0 Å². The number of hydrogen-bond acceptors (Lipinski definition) is 6. The standard InChI is InChI=1S/C15H19N5O2S/c1-2-17-14(22)19-15-18-12-3-4-20(8-13(12)23-15)11-5-10(9-21)6-16-7-11/h5-7,21H,2-4,8-9H2,1H3,(H2,17,18,19,22). The third kappa shape index (κ3) is 3.59. The van der Waals surface area contributed by atoms with Crippen LogP contribution in [0.25, 0.3) is 0 Å². The molecule has 3 heterocycles. The van der Waals surface area contributed by atoms with E-state index in [9.17, 15) is 9.90 Å². The number of carbonyl (C=O) groups excluding carboxylic acids is 1. The van der Waals surface area contributed by atoms with Crippen molar-refractivity contribution in [3.05, 3.63) is 34.6 Å². The monoisotopic (exact) mass is 333 g/mol. The highest BCUT2D eigenvalue weighted by Crippen LogP contribution is 2.30. The Hall–Kier alpha value is -2.19. The van der Waals surface area contributed by atoms with Crippen LogP contribution >= 0.6 is 11.3 Å². The van der Waals surface area contributed by atoms with Gasteiger partial charge in [-0.15, -0.1) is 0 Å². The molecule has 1 aliphatic rings. The quantitative estimate of drug-likeness (QED) is 0.793. The number of thiazole rings is 1. The average molecular weight is 333 g/mol. The van der Waals surface area contributed by atoms with Crippen LogP contribution in [0.1, 0.15) is 23.1 Å². The molecular formula is C15H19N5O2S. The van der Waals surface area contributed by atoms with Gasteiger partial charge in [0.15, 0.2) is 5.13 Å². The fraction of sp³-hybridized carbons (Fsp3) is 0.400. The minimum Gasteiger partial charge on any atom is -0.392 e. The van der Waals surface area contributed by atoms with Crippen molar-refractivity contribution in [2.75, 3.05) is 23.3 Å². The molecule has 3 N–H and O–H groups in total. The number of aromatic nitrogens is 2. The third-order valence-corrected chi connectivity index (χ3v) is 4.62. The molecule has 0 saturated carbocycles. The summed E-state index contributed by atoms with van der Waals surface area (Å²) in [6.07, 6.45) is 4.30. The molecule has 7 nitrogen and oxygen atoms in total. The molecule has 0 bridgehead atoms. The highest BCUT2D eigenvalue weighted by molar-refractivity contribution is 7.15. The number of fused-ring (bicyclic) bond motifs is 1. The number of anilines is 2. The summed E-state index contributed by atoms with van der Waals surface area (Å²) in [7, 11) is 0. The van der Waals surface area contributed by atoms with Crippen molar-refractivity contribution in [3.8, 4) is 0 Å². The minimum absolute atomic E-state index is 0.0128. The molecular weight excluding hydrogens is 314 g/mol. The van der Waals surface area contributed by atoms with Gasteiger partial charge in [-0.05, 0) is 18.6 Å². The van der Waals surface area contributed by atoms with Gasteiger partial charge < -0.3 is 15.3 Å². The summed E-state index contributed by atoms with van der Waals surface area (Å²) < 4.78 is 0. The second-order valence-corrected chi connectivity index (χ2v) is 6.34. The molecule has 122 valence electrons. The SMILES string of the molecule is CCNC(=O)Nc1nc2c(s1)CN(c1cncc(CO)c1)CC2. The number of nitrogens with zero attached hydrogens (tertiary/aromatic N) is 3. The number of amides is 2. The summed E-state index contributed by atoms with van der Waals surface area (Å²) in [6, 6.07) is 1.72. The molecule has 8 heteroatoms. The van der Waals surface area contributed by atoms with Gasteiger partial charge in [-0.2, -0.15) is 0 Å². The predicted molar refractivity (Wildman–Crippen MR) is 89.7 cm³/mol. The lowest BCUT2D eigenvalue weighted by molar-refractivity contribution is 0.252. The van der Waals surface area contributed by atoms with E-state index in [2.05, 4.69) is 25.5 Å². The molecule has 2 amide bonds. The molecule has 0 saturated heterocycles. The van der Waals surface area contributed by atoms with Crippen molar-refractivity contribution in [2.45, 2.75) is 26.5 Å². The zero-order valence-corrected chi connectivity index (χ0v) is 13.7. The zero-order valence-electron chi connectivity index (χ0n) is 12.9. The van der Waals surface area contributed by atoms with Crippen LogP contribution in [0.3, 0.4) is 0 Å². The Bertz CT molecular complexity index is 703. The van der Waals surface area contributed by atoms with Crippen molar-refractivity contribution >= 4 is 28.2 Å². The maximum Gasteiger partial charge on any atom is 0.321 e. The molecule has 0 fully saturated rings. The number of hydrogen-bond donors (Lipinski definition) is 3. The van der Waals surface area contributed by atoms with Gasteiger partial charge in [0.1, 0.15) is 0 Å². The van der Waals surface area contributed by atoms with Crippen molar-refractivity contribution in [1.29, 1.82) is 0 Å². The summed E-state index contributed by atoms with van der Waals surface area (Å²) >= 11 is 1.50. The molecule has 2 aromatic heterocycles. The Morgan fingerprint density at radius 3 is 3.13 bits per heavy atom. The lowest BCUT2D eigenvalue weighted by Crippen LogP contribution is -2.29. The van der Waals surface area contributed by atoms with Crippen LogP contribution in [0.5, 0.6) is 0 Å². The van der Waals surface area contributed by atoms with E-state index in [4.69, 9.17) is 0 Å². The summed E-state index contributed by atoms with van der Waals surface area (Å²) in [6.45, 7) is 4.02. The van der Waals surface area contributed by atoms with Crippen LogP contribution in [-0.4, -0.2) is 34.2 Å². The van der Waals surface area contributed by atoms with Gasteiger partial charge in [-0.3, -0.25) is 10.3 Å². The minimum atomic E-state index is -0.227. The van der Waals surface area contributed by atoms with Crippen molar-refractivity contribution < 1.29 is 9.90 Å². The van der Waals surface area contributed by atoms with Gasteiger partial charge in [0.25, 0.3) is 0 Å². The molecule has 1 aliphatic heterocycles. The number of nitrogens with one attached hydrogen (secondary N) is 2. The molecule has 0 radical (unpaired) electrons. The van der Waals surface area contributed by atoms with E-state index in [0.717, 1.165) is 41.3 Å². The van der Waals surface area contributed by atoms with Gasteiger partial charge in [-0.25, -0.2) is 9.78 Å². The van der Waals surface area contributed by atoms with Crippen LogP contribution in [0.2, 0.25) is 0 Å². The first-order chi connectivity index (χ1) is 11.2. The normalized spacial score (nSPS) is 13.6. The summed E-state index contributed by atoms with van der Waals surface area (Å²) in [5, 5.41) is 15.3. The molecule has 0 aliphatic carbocycles. The Balaban J connectivity index is 1.73. The first kappa shape index (κ1) is 15.7. The number of pyridine rings is 1. The van der Waals surface area contributed by atoms with Crippen molar-refractivity contribution in [2.24, 2.45) is 0 Å². The highest BCUT2D eigenvalue weighted by atomic mass is 32.1. The molecule has 23 heavy (non-hydrogen) atoms. The van der Waals surface area contributed by atoms with Gasteiger partial charge in [0, 0.05) is 30.6 Å². The van der Waals surface area contributed by atoms with E-state index in [1.165, 1.54) is 11.3 Å². The largest absolute Gasteiger partial charge is 0.392 e. The zero-order chi connectivity index (χ0) is 16.2. The lowest BCUT2D eigenvalue weighted by atomic mass is 10.1. The Morgan fingerprint density at radius 2 is 2.35 bits per heavy atom. The van der Waals surface area contributed by atoms with E-state index in [0.29, 0.717) is 11.7 Å². The highest BCUT2D eigenvalue weighted by Gasteiger charge is 2.22. The fourth-order valence-electron chi connectivity index (χ4n) is 2.50. The van der Waals surface area contributed by atoms with Gasteiger partial charge in [-0.1, -0.05) is 11.3 Å². The van der Waals surface area contributed by atoms with Crippen molar-refractivity contribution in [1.82, 2.24) is 15.3 Å². The van der Waals surface area contributed by atoms with Crippen LogP contribution in [0.15, 0.2) is 18.5 Å². The lowest BCUT2D eigenvalue weighted by Gasteiger charge is -2.28. The number of urea groups is 1. The molecule has 0 unspecified atom stereocenters. The first-order valence-electron chi connectivity index (χ1n) is 7.52. The van der Waals surface area contributed by atoms with E-state index < -0.39 is 0 Å². The molecule has 0 atom stereocenters. The second kappa shape index (κ2) is 6.93. The van der Waals surface area contributed by atoms with Gasteiger partial charge >= 0.3 is 6.03 Å². The van der Waals surface area contributed by atoms with Crippen LogP contribution in [-0.2, 0) is 19.6 Å². The van der Waals surface area contributed by atoms with E-state index in [-0.39, 0.29) is 12.6 Å². The number of rotatable bonds is 4. The summed E-state index contributed by atoms with van der Waals surface area (Å²) in [5.74, 6) is 0. The number of carbonyl (C=O) groups is 1. The molecule has 2 aromatic rings. The van der Waals surface area contributed by atoms with Crippen LogP contribution in [0.4, 0.5) is 15.6 Å². The Kier molecular flexibility index (Phi) is 4.73. The van der Waals surface area contributed by atoms with Crippen LogP contribution in [0, 0.1) is 0 Å². The van der Waals surface area contributed by atoms with E-state index in [1.54, 1.807) is 12.4 Å².